The van der Waals surface area contributed by atoms with Crippen molar-refractivity contribution in [3.05, 3.63) is 71.7 Å². The first kappa shape index (κ1) is 16.9. The lowest BCUT2D eigenvalue weighted by molar-refractivity contribution is -0.123. The minimum Gasteiger partial charge on any atom is -0.347 e. The molecule has 126 valence electrons. The van der Waals surface area contributed by atoms with E-state index in [4.69, 9.17) is 0 Å². The van der Waals surface area contributed by atoms with Crippen molar-refractivity contribution < 1.29 is 9.59 Å². The van der Waals surface area contributed by atoms with Crippen molar-refractivity contribution in [3.8, 4) is 10.6 Å². The molecule has 3 aromatic rings. The van der Waals surface area contributed by atoms with Crippen LogP contribution in [0.2, 0.25) is 0 Å². The first-order valence-corrected chi connectivity index (χ1v) is 8.69. The summed E-state index contributed by atoms with van der Waals surface area (Å²) in [4.78, 5) is 28.0. The number of anilines is 1. The Labute approximate surface area is 149 Å². The summed E-state index contributed by atoms with van der Waals surface area (Å²) in [6.45, 7) is -0.0557. The van der Waals surface area contributed by atoms with E-state index in [0.717, 1.165) is 16.1 Å². The van der Waals surface area contributed by atoms with Gasteiger partial charge in [-0.05, 0) is 29.8 Å². The van der Waals surface area contributed by atoms with Crippen LogP contribution < -0.4 is 10.6 Å². The SMILES string of the molecule is O=C(Cc1ccccc1)NCC(=O)Nc1ccc(-c2nccs2)cc1. The molecule has 0 aliphatic carbocycles. The Morgan fingerprint density at radius 1 is 0.960 bits per heavy atom. The van der Waals surface area contributed by atoms with Crippen LogP contribution in [0.5, 0.6) is 0 Å². The van der Waals surface area contributed by atoms with E-state index in [2.05, 4.69) is 15.6 Å². The fourth-order valence-corrected chi connectivity index (χ4v) is 2.93. The van der Waals surface area contributed by atoms with Gasteiger partial charge in [0.05, 0.1) is 13.0 Å². The Kier molecular flexibility index (Phi) is 5.53. The zero-order chi connectivity index (χ0) is 17.5. The van der Waals surface area contributed by atoms with Crippen LogP contribution in [0.15, 0.2) is 66.2 Å². The topological polar surface area (TPSA) is 71.1 Å². The van der Waals surface area contributed by atoms with Gasteiger partial charge in [0.1, 0.15) is 5.01 Å². The second-order valence-electron chi connectivity index (χ2n) is 5.40. The second kappa shape index (κ2) is 8.21. The van der Waals surface area contributed by atoms with E-state index in [0.29, 0.717) is 5.69 Å². The summed E-state index contributed by atoms with van der Waals surface area (Å²) in [5, 5.41) is 8.24. The largest absolute Gasteiger partial charge is 0.347 e. The molecule has 0 bridgehead atoms. The van der Waals surface area contributed by atoms with Crippen molar-refractivity contribution >= 4 is 28.8 Å². The van der Waals surface area contributed by atoms with Gasteiger partial charge in [-0.2, -0.15) is 0 Å². The maximum Gasteiger partial charge on any atom is 0.243 e. The third-order valence-electron chi connectivity index (χ3n) is 3.50. The molecule has 25 heavy (non-hydrogen) atoms. The highest BCUT2D eigenvalue weighted by Crippen LogP contribution is 2.23. The van der Waals surface area contributed by atoms with Gasteiger partial charge < -0.3 is 10.6 Å². The van der Waals surface area contributed by atoms with E-state index >= 15 is 0 Å². The Bertz CT molecular complexity index is 831. The number of hydrogen-bond acceptors (Lipinski definition) is 4. The molecule has 2 amide bonds. The van der Waals surface area contributed by atoms with Crippen molar-refractivity contribution in [2.75, 3.05) is 11.9 Å². The van der Waals surface area contributed by atoms with Gasteiger partial charge in [-0.1, -0.05) is 30.3 Å². The first-order chi connectivity index (χ1) is 12.2. The molecule has 0 fully saturated rings. The highest BCUT2D eigenvalue weighted by Gasteiger charge is 2.07. The van der Waals surface area contributed by atoms with Crippen LogP contribution in [0.3, 0.4) is 0 Å². The first-order valence-electron chi connectivity index (χ1n) is 7.81. The van der Waals surface area contributed by atoms with Crippen molar-refractivity contribution in [1.29, 1.82) is 0 Å². The number of carbonyl (C=O) groups is 2. The van der Waals surface area contributed by atoms with E-state index in [-0.39, 0.29) is 24.8 Å². The molecular formula is C19H17N3O2S. The average molecular weight is 351 g/mol. The van der Waals surface area contributed by atoms with Gasteiger partial charge in [0.2, 0.25) is 11.8 Å². The molecule has 0 aliphatic heterocycles. The lowest BCUT2D eigenvalue weighted by Crippen LogP contribution is -2.33. The Morgan fingerprint density at radius 3 is 2.40 bits per heavy atom. The quantitative estimate of drug-likeness (QED) is 0.717. The summed E-state index contributed by atoms with van der Waals surface area (Å²) in [5.41, 5.74) is 2.60. The summed E-state index contributed by atoms with van der Waals surface area (Å²) in [6, 6.07) is 16.9. The van der Waals surface area contributed by atoms with Crippen LogP contribution in [-0.2, 0) is 16.0 Å². The molecule has 2 aromatic carbocycles. The molecule has 1 heterocycles. The monoisotopic (exact) mass is 351 g/mol. The minimum absolute atomic E-state index is 0.0557. The third-order valence-corrected chi connectivity index (χ3v) is 4.32. The van der Waals surface area contributed by atoms with E-state index in [1.54, 1.807) is 17.5 Å². The molecule has 0 saturated heterocycles. The molecule has 0 spiro atoms. The van der Waals surface area contributed by atoms with Gasteiger partial charge in [0, 0.05) is 22.8 Å². The number of nitrogens with zero attached hydrogens (tertiary/aromatic N) is 1. The normalized spacial score (nSPS) is 10.2. The van der Waals surface area contributed by atoms with Gasteiger partial charge in [0.15, 0.2) is 0 Å². The molecule has 5 nitrogen and oxygen atoms in total. The molecule has 2 N–H and O–H groups in total. The van der Waals surface area contributed by atoms with Crippen LogP contribution in [0.4, 0.5) is 5.69 Å². The van der Waals surface area contributed by atoms with Crippen molar-refractivity contribution in [3.63, 3.8) is 0 Å². The highest BCUT2D eigenvalue weighted by atomic mass is 32.1. The van der Waals surface area contributed by atoms with Crippen LogP contribution in [0.1, 0.15) is 5.56 Å². The lowest BCUT2D eigenvalue weighted by Gasteiger charge is -2.07. The van der Waals surface area contributed by atoms with Crippen LogP contribution in [-0.4, -0.2) is 23.3 Å². The van der Waals surface area contributed by atoms with Crippen LogP contribution >= 0.6 is 11.3 Å². The third kappa shape index (κ3) is 4.99. The fraction of sp³-hybridized carbons (Fsp3) is 0.105. The van der Waals surface area contributed by atoms with Gasteiger partial charge in [0.25, 0.3) is 0 Å². The molecule has 0 atom stereocenters. The summed E-state index contributed by atoms with van der Waals surface area (Å²) in [6.07, 6.45) is 2.02. The Balaban J connectivity index is 1.47. The summed E-state index contributed by atoms with van der Waals surface area (Å²) >= 11 is 1.56. The van der Waals surface area contributed by atoms with E-state index in [1.165, 1.54) is 0 Å². The molecule has 3 rings (SSSR count). The Hall–Kier alpha value is -2.99. The molecule has 1 aromatic heterocycles. The van der Waals surface area contributed by atoms with Crippen LogP contribution in [0, 0.1) is 0 Å². The molecule has 6 heteroatoms. The number of rotatable bonds is 6. The number of benzene rings is 2. The Morgan fingerprint density at radius 2 is 1.72 bits per heavy atom. The predicted octanol–water partition coefficient (Wildman–Crippen LogP) is 3.11. The molecule has 0 aliphatic rings. The summed E-state index contributed by atoms with van der Waals surface area (Å²) < 4.78 is 0. The average Bonchev–Trinajstić information content (AvgIpc) is 3.16. The lowest BCUT2D eigenvalue weighted by atomic mass is 10.1. The van der Waals surface area contributed by atoms with Gasteiger partial charge >= 0.3 is 0 Å². The zero-order valence-corrected chi connectivity index (χ0v) is 14.3. The predicted molar refractivity (Wildman–Crippen MR) is 99.3 cm³/mol. The van der Waals surface area contributed by atoms with Crippen molar-refractivity contribution in [2.24, 2.45) is 0 Å². The molecular weight excluding hydrogens is 334 g/mol. The maximum absolute atomic E-state index is 11.9. The summed E-state index contributed by atoms with van der Waals surface area (Å²) in [7, 11) is 0. The molecule has 0 saturated carbocycles. The number of thiazole rings is 1. The molecule has 0 unspecified atom stereocenters. The number of hydrogen-bond donors (Lipinski definition) is 2. The van der Waals surface area contributed by atoms with Gasteiger partial charge in [-0.3, -0.25) is 9.59 Å². The van der Waals surface area contributed by atoms with Gasteiger partial charge in [-0.25, -0.2) is 4.98 Å². The van der Waals surface area contributed by atoms with Crippen molar-refractivity contribution in [2.45, 2.75) is 6.42 Å². The number of nitrogens with one attached hydrogen (secondary N) is 2. The maximum atomic E-state index is 11.9. The van der Waals surface area contributed by atoms with Gasteiger partial charge in [-0.15, -0.1) is 11.3 Å². The fourth-order valence-electron chi connectivity index (χ4n) is 2.29. The smallest absolute Gasteiger partial charge is 0.243 e. The second-order valence-corrected chi connectivity index (χ2v) is 6.30. The number of amides is 2. The molecule has 0 radical (unpaired) electrons. The number of carbonyl (C=O) groups excluding carboxylic acids is 2. The van der Waals surface area contributed by atoms with Crippen LogP contribution in [0.25, 0.3) is 10.6 Å². The van der Waals surface area contributed by atoms with E-state index < -0.39 is 0 Å². The number of aromatic nitrogens is 1. The zero-order valence-electron chi connectivity index (χ0n) is 13.4. The van der Waals surface area contributed by atoms with E-state index in [9.17, 15) is 9.59 Å². The van der Waals surface area contributed by atoms with E-state index in [1.807, 2.05) is 60.0 Å². The standard InChI is InChI=1S/C19H17N3O2S/c23-17(12-14-4-2-1-3-5-14)21-13-18(24)22-16-8-6-15(7-9-16)19-20-10-11-25-19/h1-11H,12-13H2,(H,21,23)(H,22,24). The highest BCUT2D eigenvalue weighted by molar-refractivity contribution is 7.13. The summed E-state index contributed by atoms with van der Waals surface area (Å²) in [5.74, 6) is -0.441. The minimum atomic E-state index is -0.261. The van der Waals surface area contributed by atoms with Crippen molar-refractivity contribution in [1.82, 2.24) is 10.3 Å².